The third-order valence-electron chi connectivity index (χ3n) is 3.52. The van der Waals surface area contributed by atoms with E-state index in [0.29, 0.717) is 17.7 Å². The number of anilines is 1. The summed E-state index contributed by atoms with van der Waals surface area (Å²) in [7, 11) is 0. The van der Waals surface area contributed by atoms with Crippen molar-refractivity contribution in [1.29, 1.82) is 0 Å². The molecule has 0 heterocycles. The molecular formula is C16H24N2O5. The van der Waals surface area contributed by atoms with Crippen molar-refractivity contribution in [3.8, 4) is 0 Å². The molecule has 1 aromatic carbocycles. The Morgan fingerprint density at radius 3 is 2.35 bits per heavy atom. The molecule has 0 aliphatic heterocycles. The zero-order valence-corrected chi connectivity index (χ0v) is 13.6. The molecule has 1 rings (SSSR count). The van der Waals surface area contributed by atoms with Gasteiger partial charge in [0, 0.05) is 11.3 Å². The predicted molar refractivity (Wildman–Crippen MR) is 85.7 cm³/mol. The van der Waals surface area contributed by atoms with Crippen molar-refractivity contribution in [3.63, 3.8) is 0 Å². The van der Waals surface area contributed by atoms with Gasteiger partial charge in [-0.25, -0.2) is 4.79 Å². The highest BCUT2D eigenvalue weighted by Gasteiger charge is 2.26. The van der Waals surface area contributed by atoms with E-state index in [0.717, 1.165) is 0 Å². The van der Waals surface area contributed by atoms with Gasteiger partial charge >= 0.3 is 12.0 Å². The molecular weight excluding hydrogens is 300 g/mol. The van der Waals surface area contributed by atoms with Gasteiger partial charge in [0.15, 0.2) is 6.29 Å². The summed E-state index contributed by atoms with van der Waals surface area (Å²) >= 11 is 0. The van der Waals surface area contributed by atoms with Crippen molar-refractivity contribution < 1.29 is 24.5 Å². The number of carbonyl (C=O) groups is 2. The fraction of sp³-hybridized carbons (Fsp3) is 0.500. The van der Waals surface area contributed by atoms with Gasteiger partial charge in [0.2, 0.25) is 0 Å². The molecule has 0 atom stereocenters. The van der Waals surface area contributed by atoms with Crippen LogP contribution in [0.15, 0.2) is 24.3 Å². The van der Waals surface area contributed by atoms with Crippen molar-refractivity contribution in [2.45, 2.75) is 33.5 Å². The third kappa shape index (κ3) is 6.25. The molecule has 7 nitrogen and oxygen atoms in total. The number of amides is 2. The molecule has 0 spiro atoms. The second-order valence-electron chi connectivity index (χ2n) is 5.75. The van der Waals surface area contributed by atoms with Crippen molar-refractivity contribution in [3.05, 3.63) is 29.8 Å². The molecule has 0 aromatic heterocycles. The first-order valence-electron chi connectivity index (χ1n) is 7.44. The molecule has 0 saturated carbocycles. The van der Waals surface area contributed by atoms with Crippen LogP contribution in [0.2, 0.25) is 0 Å². The molecule has 1 aromatic rings. The molecule has 0 saturated heterocycles. The van der Waals surface area contributed by atoms with Crippen LogP contribution in [0.25, 0.3) is 0 Å². The third-order valence-corrected chi connectivity index (χ3v) is 3.52. The smallest absolute Gasteiger partial charge is 0.319 e. The van der Waals surface area contributed by atoms with Crippen LogP contribution in [0.5, 0.6) is 0 Å². The first-order chi connectivity index (χ1) is 10.8. The highest BCUT2D eigenvalue weighted by Crippen LogP contribution is 2.21. The van der Waals surface area contributed by atoms with Gasteiger partial charge in [-0.1, -0.05) is 19.1 Å². The van der Waals surface area contributed by atoms with Gasteiger partial charge in [0.25, 0.3) is 0 Å². The molecule has 0 aliphatic carbocycles. The fourth-order valence-corrected chi connectivity index (χ4v) is 1.56. The topological polar surface area (TPSA) is 108 Å². The number of benzene rings is 1. The maximum Gasteiger partial charge on any atom is 0.319 e. The Balaban J connectivity index is 2.31. The van der Waals surface area contributed by atoms with E-state index in [9.17, 15) is 9.59 Å². The van der Waals surface area contributed by atoms with Crippen LogP contribution in [0.3, 0.4) is 0 Å². The summed E-state index contributed by atoms with van der Waals surface area (Å²) in [6, 6.07) is 5.66. The first-order valence-corrected chi connectivity index (χ1v) is 7.44. The first kappa shape index (κ1) is 18.9. The van der Waals surface area contributed by atoms with Crippen LogP contribution in [-0.2, 0) is 9.53 Å². The van der Waals surface area contributed by atoms with Crippen LogP contribution >= 0.6 is 0 Å². The average Bonchev–Trinajstić information content (AvgIpc) is 2.51. The van der Waals surface area contributed by atoms with Gasteiger partial charge < -0.3 is 25.6 Å². The second-order valence-corrected chi connectivity index (χ2v) is 5.75. The Bertz CT molecular complexity index is 526. The quantitative estimate of drug-likeness (QED) is 0.347. The van der Waals surface area contributed by atoms with E-state index in [1.54, 1.807) is 12.1 Å². The Labute approximate surface area is 135 Å². The zero-order valence-electron chi connectivity index (χ0n) is 13.6. The minimum Gasteiger partial charge on any atom is -0.463 e. The number of ether oxygens (including phenoxy) is 1. The largest absolute Gasteiger partial charge is 0.463 e. The molecule has 7 heteroatoms. The summed E-state index contributed by atoms with van der Waals surface area (Å²) < 4.78 is 5.10. The van der Waals surface area contributed by atoms with Crippen LogP contribution in [0.1, 0.15) is 39.0 Å². The molecule has 0 radical (unpaired) electrons. The number of hydrogen-bond donors (Lipinski definition) is 4. The van der Waals surface area contributed by atoms with Gasteiger partial charge in [-0.2, -0.15) is 0 Å². The number of aliphatic hydroxyl groups excluding tert-OH is 1. The Kier molecular flexibility index (Phi) is 6.99. The molecule has 23 heavy (non-hydrogen) atoms. The lowest BCUT2D eigenvalue weighted by molar-refractivity contribution is -0.153. The number of nitrogens with one attached hydrogen (secondary N) is 2. The predicted octanol–water partition coefficient (Wildman–Crippen LogP) is 1.77. The highest BCUT2D eigenvalue weighted by atomic mass is 16.5. The van der Waals surface area contributed by atoms with E-state index in [1.165, 1.54) is 12.1 Å². The van der Waals surface area contributed by atoms with Gasteiger partial charge in [0.1, 0.15) is 6.61 Å². The number of rotatable bonds is 7. The summed E-state index contributed by atoms with van der Waals surface area (Å²) in [5.74, 6) is -0.291. The van der Waals surface area contributed by atoms with Gasteiger partial charge in [-0.3, -0.25) is 4.79 Å². The van der Waals surface area contributed by atoms with E-state index in [4.69, 9.17) is 14.9 Å². The number of esters is 1. The Morgan fingerprint density at radius 1 is 1.22 bits per heavy atom. The molecule has 128 valence electrons. The second kappa shape index (κ2) is 8.50. The lowest BCUT2D eigenvalue weighted by atomic mass is 9.91. The Hall–Kier alpha value is -2.12. The molecule has 2 amide bonds. The minimum atomic E-state index is -1.54. The minimum absolute atomic E-state index is 0.103. The van der Waals surface area contributed by atoms with Gasteiger partial charge in [-0.05, 0) is 32.4 Å². The van der Waals surface area contributed by atoms with Crippen molar-refractivity contribution in [2.75, 3.05) is 18.5 Å². The maximum atomic E-state index is 11.7. The normalized spacial score (nSPS) is 11.2. The molecule has 0 fully saturated rings. The van der Waals surface area contributed by atoms with Crippen molar-refractivity contribution in [1.82, 2.24) is 5.32 Å². The Morgan fingerprint density at radius 2 is 1.83 bits per heavy atom. The van der Waals surface area contributed by atoms with E-state index >= 15 is 0 Å². The zero-order chi connectivity index (χ0) is 17.5. The highest BCUT2D eigenvalue weighted by molar-refractivity contribution is 5.89. The van der Waals surface area contributed by atoms with Gasteiger partial charge in [0.05, 0.1) is 12.0 Å². The monoisotopic (exact) mass is 324 g/mol. The van der Waals surface area contributed by atoms with Crippen LogP contribution < -0.4 is 10.6 Å². The van der Waals surface area contributed by atoms with E-state index in [1.807, 2.05) is 20.8 Å². The van der Waals surface area contributed by atoms with E-state index in [2.05, 4.69) is 10.6 Å². The van der Waals surface area contributed by atoms with E-state index in [-0.39, 0.29) is 19.1 Å². The van der Waals surface area contributed by atoms with Crippen LogP contribution in [0, 0.1) is 5.41 Å². The number of carbonyl (C=O) groups excluding carboxylic acids is 2. The summed E-state index contributed by atoms with van der Waals surface area (Å²) in [5, 5.41) is 23.1. The van der Waals surface area contributed by atoms with Crippen molar-refractivity contribution >= 4 is 17.7 Å². The van der Waals surface area contributed by atoms with Crippen molar-refractivity contribution in [2.24, 2.45) is 5.41 Å². The number of urea groups is 1. The maximum absolute atomic E-state index is 11.7. The fourth-order valence-electron chi connectivity index (χ4n) is 1.56. The lowest BCUT2D eigenvalue weighted by Crippen LogP contribution is -2.34. The summed E-state index contributed by atoms with van der Waals surface area (Å²) in [4.78, 5) is 23.4. The molecule has 4 N–H and O–H groups in total. The summed E-state index contributed by atoms with van der Waals surface area (Å²) in [6.45, 7) is 5.83. The molecule has 0 bridgehead atoms. The molecule has 0 aliphatic rings. The van der Waals surface area contributed by atoms with Crippen LogP contribution in [-0.4, -0.2) is 35.4 Å². The standard InChI is InChI=1S/C16H24N2O5/c1-4-16(2,3)14(21)23-10-9-17-15(22)18-12-7-5-11(6-8-12)13(19)20/h5-8,13,19-20H,4,9-10H2,1-3H3,(H2,17,18,22). The van der Waals surface area contributed by atoms with E-state index < -0.39 is 17.7 Å². The number of hydrogen-bond acceptors (Lipinski definition) is 5. The number of aliphatic hydroxyl groups is 2. The summed E-state index contributed by atoms with van der Waals surface area (Å²) in [6.07, 6.45) is -0.863. The lowest BCUT2D eigenvalue weighted by Gasteiger charge is -2.20. The average molecular weight is 324 g/mol. The van der Waals surface area contributed by atoms with Crippen LogP contribution in [0.4, 0.5) is 10.5 Å². The van der Waals surface area contributed by atoms with Gasteiger partial charge in [-0.15, -0.1) is 0 Å². The molecule has 0 unspecified atom stereocenters. The SMILES string of the molecule is CCC(C)(C)C(=O)OCCNC(=O)Nc1ccc(C(O)O)cc1. The summed E-state index contributed by atoms with van der Waals surface area (Å²) in [5.41, 5.74) is 0.318.